The summed E-state index contributed by atoms with van der Waals surface area (Å²) in [6.07, 6.45) is 4.36. The fraction of sp³-hybridized carbons (Fsp3) is 0.941. The van der Waals surface area contributed by atoms with Crippen molar-refractivity contribution in [3.05, 3.63) is 0 Å². The van der Waals surface area contributed by atoms with Crippen LogP contribution in [0, 0.1) is 11.8 Å². The van der Waals surface area contributed by atoms with Gasteiger partial charge >= 0.3 is 0 Å². The lowest BCUT2D eigenvalue weighted by molar-refractivity contribution is -0.131. The van der Waals surface area contributed by atoms with Gasteiger partial charge in [0.05, 0.1) is 0 Å². The van der Waals surface area contributed by atoms with Crippen molar-refractivity contribution in [1.29, 1.82) is 0 Å². The van der Waals surface area contributed by atoms with Gasteiger partial charge in [-0.1, -0.05) is 20.8 Å². The first-order chi connectivity index (χ1) is 10.2. The van der Waals surface area contributed by atoms with Crippen LogP contribution in [0.3, 0.4) is 0 Å². The molecule has 0 aliphatic carbocycles. The highest BCUT2D eigenvalue weighted by atomic mass is 16.2. The van der Waals surface area contributed by atoms with E-state index in [0.717, 1.165) is 58.0 Å². The summed E-state index contributed by atoms with van der Waals surface area (Å²) >= 11 is 0. The van der Waals surface area contributed by atoms with Crippen LogP contribution in [0.25, 0.3) is 0 Å². The summed E-state index contributed by atoms with van der Waals surface area (Å²) < 4.78 is 0. The van der Waals surface area contributed by atoms with Crippen LogP contribution in [0.2, 0.25) is 0 Å². The van der Waals surface area contributed by atoms with E-state index in [1.54, 1.807) is 0 Å². The molecule has 0 saturated carbocycles. The molecule has 2 rings (SSSR count). The number of amides is 1. The highest BCUT2D eigenvalue weighted by Crippen LogP contribution is 2.26. The molecular formula is C17H33N3O. The summed E-state index contributed by atoms with van der Waals surface area (Å²) in [6, 6.07) is 0.582. The van der Waals surface area contributed by atoms with E-state index >= 15 is 0 Å². The second kappa shape index (κ2) is 8.14. The Hall–Kier alpha value is -0.610. The largest absolute Gasteiger partial charge is 0.341 e. The van der Waals surface area contributed by atoms with Gasteiger partial charge in [0.15, 0.2) is 0 Å². The van der Waals surface area contributed by atoms with Crippen molar-refractivity contribution in [3.63, 3.8) is 0 Å². The molecule has 0 aromatic heterocycles. The fourth-order valence-corrected chi connectivity index (χ4v) is 3.99. The summed E-state index contributed by atoms with van der Waals surface area (Å²) in [5.74, 6) is 1.65. The molecule has 2 heterocycles. The van der Waals surface area contributed by atoms with E-state index in [9.17, 15) is 4.79 Å². The van der Waals surface area contributed by atoms with Gasteiger partial charge in [-0.15, -0.1) is 0 Å². The highest BCUT2D eigenvalue weighted by molar-refractivity contribution is 5.76. The number of piperidine rings is 1. The monoisotopic (exact) mass is 295 g/mol. The third-order valence-electron chi connectivity index (χ3n) is 5.53. The average molecular weight is 295 g/mol. The van der Waals surface area contributed by atoms with Gasteiger partial charge in [-0.25, -0.2) is 0 Å². The van der Waals surface area contributed by atoms with E-state index in [2.05, 4.69) is 35.9 Å². The maximum atomic E-state index is 12.5. The maximum absolute atomic E-state index is 12.5. The van der Waals surface area contributed by atoms with E-state index in [0.29, 0.717) is 17.9 Å². The lowest BCUT2D eigenvalue weighted by atomic mass is 9.84. The Morgan fingerprint density at radius 1 is 1.24 bits per heavy atom. The lowest BCUT2D eigenvalue weighted by Gasteiger charge is -2.29. The van der Waals surface area contributed by atoms with E-state index in [4.69, 9.17) is 0 Å². The van der Waals surface area contributed by atoms with Crippen LogP contribution in [0.5, 0.6) is 0 Å². The molecule has 1 N–H and O–H groups in total. The van der Waals surface area contributed by atoms with Crippen LogP contribution < -0.4 is 5.32 Å². The van der Waals surface area contributed by atoms with Crippen LogP contribution in [0.15, 0.2) is 0 Å². The Kier molecular flexibility index (Phi) is 6.49. The molecule has 0 spiro atoms. The molecule has 4 nitrogen and oxygen atoms in total. The van der Waals surface area contributed by atoms with E-state index in [1.807, 2.05) is 0 Å². The lowest BCUT2D eigenvalue weighted by Crippen LogP contribution is -2.39. The van der Waals surface area contributed by atoms with Crippen molar-refractivity contribution < 1.29 is 4.79 Å². The van der Waals surface area contributed by atoms with Gasteiger partial charge in [0.2, 0.25) is 5.91 Å². The number of likely N-dealkylation sites (tertiary alicyclic amines) is 1. The molecule has 1 amide bonds. The van der Waals surface area contributed by atoms with Crippen molar-refractivity contribution in [1.82, 2.24) is 15.1 Å². The minimum Gasteiger partial charge on any atom is -0.341 e. The summed E-state index contributed by atoms with van der Waals surface area (Å²) in [5, 5.41) is 3.41. The van der Waals surface area contributed by atoms with E-state index < -0.39 is 0 Å². The molecule has 2 aliphatic rings. The van der Waals surface area contributed by atoms with Crippen molar-refractivity contribution in [3.8, 4) is 0 Å². The fourth-order valence-electron chi connectivity index (χ4n) is 3.99. The zero-order chi connectivity index (χ0) is 15.2. The molecular weight excluding hydrogens is 262 g/mol. The first-order valence-electron chi connectivity index (χ1n) is 8.88. The standard InChI is InChI=1S/C17H33N3O/c1-4-19(5-2)16-8-11-20(13-16)17(21)12-14(3)15-6-9-18-10-7-15/h14-16,18H,4-13H2,1-3H3. The van der Waals surface area contributed by atoms with Gasteiger partial charge in [-0.2, -0.15) is 0 Å². The molecule has 0 aromatic carbocycles. The molecule has 2 unspecified atom stereocenters. The SMILES string of the molecule is CCN(CC)C1CCN(C(=O)CC(C)C2CCNCC2)C1. The minimum absolute atomic E-state index is 0.385. The third-order valence-corrected chi connectivity index (χ3v) is 5.53. The number of nitrogens with zero attached hydrogens (tertiary/aromatic N) is 2. The summed E-state index contributed by atoms with van der Waals surface area (Å²) in [5.41, 5.74) is 0. The molecule has 0 radical (unpaired) electrons. The molecule has 2 aliphatic heterocycles. The van der Waals surface area contributed by atoms with E-state index in [1.165, 1.54) is 12.8 Å². The van der Waals surface area contributed by atoms with Crippen LogP contribution >= 0.6 is 0 Å². The number of nitrogens with one attached hydrogen (secondary N) is 1. The zero-order valence-corrected chi connectivity index (χ0v) is 14.1. The quantitative estimate of drug-likeness (QED) is 0.813. The van der Waals surface area contributed by atoms with Crippen LogP contribution in [0.1, 0.15) is 46.5 Å². The number of hydrogen-bond acceptors (Lipinski definition) is 3. The number of likely N-dealkylation sites (N-methyl/N-ethyl adjacent to an activating group) is 1. The Morgan fingerprint density at radius 2 is 1.90 bits per heavy atom. The summed E-state index contributed by atoms with van der Waals surface area (Å²) in [7, 11) is 0. The molecule has 2 fully saturated rings. The molecule has 122 valence electrons. The summed E-state index contributed by atoms with van der Waals surface area (Å²) in [6.45, 7) is 13.0. The van der Waals surface area contributed by atoms with Crippen molar-refractivity contribution in [2.24, 2.45) is 11.8 Å². The minimum atomic E-state index is 0.385. The second-order valence-electron chi connectivity index (χ2n) is 6.77. The Bertz CT molecular complexity index is 324. The molecule has 0 aromatic rings. The zero-order valence-electron chi connectivity index (χ0n) is 14.1. The van der Waals surface area contributed by atoms with Gasteiger partial charge in [-0.05, 0) is 57.3 Å². The van der Waals surface area contributed by atoms with Crippen LogP contribution in [-0.4, -0.2) is 61.0 Å². The Morgan fingerprint density at radius 3 is 2.52 bits per heavy atom. The second-order valence-corrected chi connectivity index (χ2v) is 6.77. The van der Waals surface area contributed by atoms with Gasteiger partial charge in [0.1, 0.15) is 0 Å². The van der Waals surface area contributed by atoms with Gasteiger partial charge in [0.25, 0.3) is 0 Å². The van der Waals surface area contributed by atoms with Crippen molar-refractivity contribution >= 4 is 5.91 Å². The van der Waals surface area contributed by atoms with E-state index in [-0.39, 0.29) is 0 Å². The Balaban J connectivity index is 1.78. The number of hydrogen-bond donors (Lipinski definition) is 1. The predicted molar refractivity (Wildman–Crippen MR) is 87.3 cm³/mol. The van der Waals surface area contributed by atoms with Crippen molar-refractivity contribution in [2.45, 2.75) is 52.5 Å². The van der Waals surface area contributed by atoms with Crippen LogP contribution in [-0.2, 0) is 4.79 Å². The number of carbonyl (C=O) groups is 1. The predicted octanol–water partition coefficient (Wildman–Crippen LogP) is 1.95. The molecule has 2 saturated heterocycles. The van der Waals surface area contributed by atoms with Gasteiger partial charge in [0, 0.05) is 25.6 Å². The number of carbonyl (C=O) groups excluding carboxylic acids is 1. The van der Waals surface area contributed by atoms with Gasteiger partial charge in [-0.3, -0.25) is 9.69 Å². The average Bonchev–Trinajstić information content (AvgIpc) is 2.99. The van der Waals surface area contributed by atoms with Crippen molar-refractivity contribution in [2.75, 3.05) is 39.3 Å². The van der Waals surface area contributed by atoms with Crippen LogP contribution in [0.4, 0.5) is 0 Å². The molecule has 21 heavy (non-hydrogen) atoms. The topological polar surface area (TPSA) is 35.6 Å². The van der Waals surface area contributed by atoms with Gasteiger partial charge < -0.3 is 10.2 Å². The molecule has 4 heteroatoms. The number of rotatable bonds is 6. The third kappa shape index (κ3) is 4.43. The first kappa shape index (κ1) is 16.8. The molecule has 0 bridgehead atoms. The summed E-state index contributed by atoms with van der Waals surface area (Å²) in [4.78, 5) is 17.1. The Labute approximate surface area is 130 Å². The normalized spacial score (nSPS) is 25.5. The smallest absolute Gasteiger partial charge is 0.222 e. The molecule has 2 atom stereocenters. The maximum Gasteiger partial charge on any atom is 0.222 e. The first-order valence-corrected chi connectivity index (χ1v) is 8.88. The highest BCUT2D eigenvalue weighted by Gasteiger charge is 2.31.